The minimum absolute atomic E-state index is 0.0616. The number of carbonyl (C=O) groups is 3. The maximum atomic E-state index is 13.7. The average molecular weight is 526 g/mol. The fourth-order valence-corrected chi connectivity index (χ4v) is 7.24. The molecule has 3 aromatic carbocycles. The number of nitrogens with one attached hydrogen (secondary N) is 1. The van der Waals surface area contributed by atoms with Crippen molar-refractivity contribution in [3.8, 4) is 0 Å². The first kappa shape index (κ1) is 22.6. The summed E-state index contributed by atoms with van der Waals surface area (Å²) in [7, 11) is 0. The standard InChI is InChI=1S/C27H19Cl3N2O3/c28-15-6-5-7-16(14-15)31-21(33)12-13-32-24(34)22-23(25(32)35)27(30)18-9-2-1-8-17(18)26(22,29)19-10-3-4-11-20(19)27/h1-11,14,22-23H,12-13H2,(H,31,33)/t22-,23+,26?,27?. The predicted octanol–water partition coefficient (Wildman–Crippen LogP) is 5.26. The molecule has 2 bridgehead atoms. The van der Waals surface area contributed by atoms with Crippen molar-refractivity contribution in [1.29, 1.82) is 0 Å². The third kappa shape index (κ3) is 2.98. The van der Waals surface area contributed by atoms with Gasteiger partial charge in [-0.2, -0.15) is 0 Å². The van der Waals surface area contributed by atoms with Gasteiger partial charge in [0.2, 0.25) is 17.7 Å². The van der Waals surface area contributed by atoms with E-state index in [1.807, 2.05) is 48.5 Å². The number of carbonyl (C=O) groups excluding carboxylic acids is 3. The van der Waals surface area contributed by atoms with Gasteiger partial charge in [-0.3, -0.25) is 19.3 Å². The van der Waals surface area contributed by atoms with Crippen molar-refractivity contribution in [1.82, 2.24) is 4.90 Å². The Morgan fingerprint density at radius 3 is 1.74 bits per heavy atom. The number of amides is 3. The van der Waals surface area contributed by atoms with Gasteiger partial charge < -0.3 is 5.32 Å². The van der Waals surface area contributed by atoms with Crippen molar-refractivity contribution in [2.24, 2.45) is 11.8 Å². The first-order valence-electron chi connectivity index (χ1n) is 11.3. The van der Waals surface area contributed by atoms with Crippen LogP contribution in [-0.4, -0.2) is 29.2 Å². The Kier molecular flexibility index (Phi) is 5.05. The molecule has 3 amide bonds. The number of likely N-dealkylation sites (tertiary alicyclic amines) is 1. The van der Waals surface area contributed by atoms with Gasteiger partial charge >= 0.3 is 0 Å². The number of rotatable bonds is 4. The molecule has 1 heterocycles. The summed E-state index contributed by atoms with van der Waals surface area (Å²) in [6.07, 6.45) is -0.0616. The third-order valence-corrected chi connectivity index (χ3v) is 8.87. The van der Waals surface area contributed by atoms with Gasteiger partial charge in [0.1, 0.15) is 9.75 Å². The fraction of sp³-hybridized carbons (Fsp3) is 0.222. The van der Waals surface area contributed by atoms with Crippen LogP contribution in [-0.2, 0) is 24.1 Å². The second-order valence-electron chi connectivity index (χ2n) is 9.11. The normalized spacial score (nSPS) is 27.9. The van der Waals surface area contributed by atoms with E-state index < -0.39 is 33.4 Å². The van der Waals surface area contributed by atoms with E-state index >= 15 is 0 Å². The Bertz CT molecular complexity index is 1300. The molecule has 1 saturated heterocycles. The molecule has 1 N–H and O–H groups in total. The van der Waals surface area contributed by atoms with E-state index in [0.717, 1.165) is 27.2 Å². The molecule has 3 aliphatic carbocycles. The van der Waals surface area contributed by atoms with Gasteiger partial charge in [-0.15, -0.1) is 23.2 Å². The van der Waals surface area contributed by atoms with E-state index in [9.17, 15) is 14.4 Å². The topological polar surface area (TPSA) is 66.5 Å². The maximum absolute atomic E-state index is 13.7. The van der Waals surface area contributed by atoms with E-state index in [1.165, 1.54) is 0 Å². The van der Waals surface area contributed by atoms with E-state index in [-0.39, 0.29) is 18.9 Å². The largest absolute Gasteiger partial charge is 0.326 e. The van der Waals surface area contributed by atoms with E-state index in [2.05, 4.69) is 5.32 Å². The van der Waals surface area contributed by atoms with Gasteiger partial charge in [-0.25, -0.2) is 0 Å². The van der Waals surface area contributed by atoms with Gasteiger partial charge in [0.25, 0.3) is 0 Å². The van der Waals surface area contributed by atoms with E-state index in [0.29, 0.717) is 10.7 Å². The summed E-state index contributed by atoms with van der Waals surface area (Å²) >= 11 is 20.7. The smallest absolute Gasteiger partial charge is 0.235 e. The molecule has 4 aliphatic rings. The van der Waals surface area contributed by atoms with Crippen LogP contribution in [0.1, 0.15) is 28.7 Å². The zero-order chi connectivity index (χ0) is 24.5. The van der Waals surface area contributed by atoms with Crippen LogP contribution < -0.4 is 5.32 Å². The summed E-state index contributed by atoms with van der Waals surface area (Å²) in [6, 6.07) is 21.7. The molecule has 0 spiro atoms. The molecular weight excluding hydrogens is 507 g/mol. The van der Waals surface area contributed by atoms with E-state index in [4.69, 9.17) is 34.8 Å². The summed E-state index contributed by atoms with van der Waals surface area (Å²) in [5.41, 5.74) is 3.53. The van der Waals surface area contributed by atoms with Gasteiger partial charge in [-0.05, 0) is 40.5 Å². The Morgan fingerprint density at radius 2 is 1.29 bits per heavy atom. The lowest BCUT2D eigenvalue weighted by atomic mass is 9.54. The highest BCUT2D eigenvalue weighted by molar-refractivity contribution is 6.36. The number of alkyl halides is 2. The lowest BCUT2D eigenvalue weighted by Gasteiger charge is -2.54. The summed E-state index contributed by atoms with van der Waals surface area (Å²) in [6.45, 7) is -0.0658. The quantitative estimate of drug-likeness (QED) is 0.373. The lowest BCUT2D eigenvalue weighted by Crippen LogP contribution is -2.57. The maximum Gasteiger partial charge on any atom is 0.235 e. The van der Waals surface area contributed by atoms with Crippen LogP contribution in [0.15, 0.2) is 72.8 Å². The van der Waals surface area contributed by atoms with Crippen LogP contribution in [0.4, 0.5) is 5.69 Å². The Hall–Kier alpha value is -2.86. The molecule has 1 aliphatic heterocycles. The summed E-state index contributed by atoms with van der Waals surface area (Å²) in [4.78, 5) is 38.8. The molecule has 1 fully saturated rings. The molecule has 7 rings (SSSR count). The second-order valence-corrected chi connectivity index (χ2v) is 10.7. The van der Waals surface area contributed by atoms with Gasteiger partial charge in [0, 0.05) is 23.7 Å². The Labute approximate surface area is 217 Å². The molecule has 176 valence electrons. The van der Waals surface area contributed by atoms with E-state index in [1.54, 1.807) is 24.3 Å². The number of anilines is 1. The van der Waals surface area contributed by atoms with Gasteiger partial charge in [0.15, 0.2) is 0 Å². The molecule has 3 aromatic rings. The zero-order valence-electron chi connectivity index (χ0n) is 18.3. The SMILES string of the molecule is O=C(CCN1C(=O)[C@@H]2[C@H](C1=O)C1(Cl)c3ccccc3C2(Cl)c2ccccc21)Nc1cccc(Cl)c1. The highest BCUT2D eigenvalue weighted by Crippen LogP contribution is 2.69. The lowest BCUT2D eigenvalue weighted by molar-refractivity contribution is -0.140. The monoisotopic (exact) mass is 524 g/mol. The number of halogens is 3. The Balaban J connectivity index is 1.35. The molecule has 0 unspecified atom stereocenters. The molecule has 0 aromatic heterocycles. The third-order valence-electron chi connectivity index (χ3n) is 7.35. The van der Waals surface area contributed by atoms with Crippen LogP contribution in [0, 0.1) is 11.8 Å². The first-order valence-corrected chi connectivity index (χ1v) is 12.4. The summed E-state index contributed by atoms with van der Waals surface area (Å²) in [5.74, 6) is -2.87. The minimum atomic E-state index is -1.22. The molecule has 8 heteroatoms. The first-order chi connectivity index (χ1) is 16.8. The van der Waals surface area contributed by atoms with Crippen molar-refractivity contribution >= 4 is 58.2 Å². The zero-order valence-corrected chi connectivity index (χ0v) is 20.6. The highest BCUT2D eigenvalue weighted by atomic mass is 35.5. The number of hydrogen-bond acceptors (Lipinski definition) is 3. The Morgan fingerprint density at radius 1 is 0.800 bits per heavy atom. The van der Waals surface area contributed by atoms with Crippen molar-refractivity contribution in [3.05, 3.63) is 100 Å². The molecule has 5 nitrogen and oxygen atoms in total. The number of nitrogens with zero attached hydrogens (tertiary/aromatic N) is 1. The number of benzene rings is 3. The van der Waals surface area contributed by atoms with Crippen LogP contribution in [0.5, 0.6) is 0 Å². The number of imide groups is 1. The second kappa shape index (κ2) is 7.82. The molecule has 0 radical (unpaired) electrons. The van der Waals surface area contributed by atoms with Gasteiger partial charge in [0.05, 0.1) is 11.8 Å². The summed E-state index contributed by atoms with van der Waals surface area (Å²) in [5, 5.41) is 3.24. The molecule has 0 saturated carbocycles. The van der Waals surface area contributed by atoms with Crippen LogP contribution >= 0.6 is 34.8 Å². The van der Waals surface area contributed by atoms with Crippen LogP contribution in [0.3, 0.4) is 0 Å². The van der Waals surface area contributed by atoms with Crippen molar-refractivity contribution in [2.75, 3.05) is 11.9 Å². The van der Waals surface area contributed by atoms with Gasteiger partial charge in [-0.1, -0.05) is 66.2 Å². The molecule has 35 heavy (non-hydrogen) atoms. The van der Waals surface area contributed by atoms with Crippen molar-refractivity contribution in [2.45, 2.75) is 16.2 Å². The molecular formula is C27H19Cl3N2O3. The molecule has 2 atom stereocenters. The van der Waals surface area contributed by atoms with Crippen molar-refractivity contribution in [3.63, 3.8) is 0 Å². The number of hydrogen-bond donors (Lipinski definition) is 1. The highest BCUT2D eigenvalue weighted by Gasteiger charge is 2.72. The fourth-order valence-electron chi connectivity index (χ4n) is 5.95. The summed E-state index contributed by atoms with van der Waals surface area (Å²) < 4.78 is 0. The van der Waals surface area contributed by atoms with Crippen molar-refractivity contribution < 1.29 is 14.4 Å². The average Bonchev–Trinajstić information content (AvgIpc) is 3.12. The van der Waals surface area contributed by atoms with Crippen LogP contribution in [0.25, 0.3) is 0 Å². The predicted molar refractivity (Wildman–Crippen MR) is 135 cm³/mol. The van der Waals surface area contributed by atoms with Crippen LogP contribution in [0.2, 0.25) is 5.02 Å². The minimum Gasteiger partial charge on any atom is -0.326 e.